The zero-order chi connectivity index (χ0) is 10.5. The van der Waals surface area contributed by atoms with Gasteiger partial charge in [0.05, 0.1) is 0 Å². The van der Waals surface area contributed by atoms with Gasteiger partial charge in [0, 0.05) is 31.2 Å². The summed E-state index contributed by atoms with van der Waals surface area (Å²) >= 11 is 0. The van der Waals surface area contributed by atoms with Crippen molar-refractivity contribution in [3.05, 3.63) is 0 Å². The highest BCUT2D eigenvalue weighted by Gasteiger charge is 2.56. The van der Waals surface area contributed by atoms with Crippen molar-refractivity contribution < 1.29 is 0 Å². The Bertz CT molecular complexity index is 207. The summed E-state index contributed by atoms with van der Waals surface area (Å²) in [5, 5.41) is 0. The van der Waals surface area contributed by atoms with Gasteiger partial charge in [0.1, 0.15) is 0 Å². The predicted molar refractivity (Wildman–Crippen MR) is 59.2 cm³/mol. The number of fused-ring (bicyclic) bond motifs is 1. The molecule has 1 aliphatic heterocycles. The van der Waals surface area contributed by atoms with Crippen molar-refractivity contribution in [2.45, 2.75) is 25.4 Å². The molecule has 0 aromatic carbocycles. The molecule has 0 spiro atoms. The third kappa shape index (κ3) is 1.95. The molecule has 0 aromatic rings. The van der Waals surface area contributed by atoms with Crippen LogP contribution in [0.3, 0.4) is 0 Å². The van der Waals surface area contributed by atoms with Gasteiger partial charge in [-0.3, -0.25) is 0 Å². The fourth-order valence-electron chi connectivity index (χ4n) is 3.05. The minimum absolute atomic E-state index is 0.0373. The van der Waals surface area contributed by atoms with Crippen LogP contribution in [0.5, 0.6) is 0 Å². The van der Waals surface area contributed by atoms with Crippen LogP contribution in [-0.4, -0.2) is 55.1 Å². The van der Waals surface area contributed by atoms with Crippen LogP contribution in [0.2, 0.25) is 0 Å². The van der Waals surface area contributed by atoms with Crippen LogP contribution in [0.25, 0.3) is 0 Å². The lowest BCUT2D eigenvalue weighted by Crippen LogP contribution is -2.46. The third-order valence-electron chi connectivity index (χ3n) is 3.45. The first-order valence-corrected chi connectivity index (χ1v) is 5.56. The Balaban J connectivity index is 1.79. The minimum Gasteiger partial charge on any atom is -0.324 e. The minimum atomic E-state index is -0.0373. The van der Waals surface area contributed by atoms with E-state index in [1.54, 1.807) is 0 Å². The molecule has 2 fully saturated rings. The Morgan fingerprint density at radius 1 is 1.29 bits per heavy atom. The van der Waals surface area contributed by atoms with Crippen LogP contribution >= 0.6 is 0 Å². The quantitative estimate of drug-likeness (QED) is 0.702. The first kappa shape index (κ1) is 10.4. The second kappa shape index (κ2) is 3.19. The van der Waals surface area contributed by atoms with E-state index in [0.717, 1.165) is 24.4 Å². The molecule has 2 aliphatic rings. The van der Waals surface area contributed by atoms with E-state index in [4.69, 9.17) is 5.73 Å². The molecule has 0 bridgehead atoms. The maximum Gasteiger partial charge on any atom is 0.0226 e. The number of rotatable bonds is 3. The molecule has 82 valence electrons. The van der Waals surface area contributed by atoms with Crippen molar-refractivity contribution >= 4 is 0 Å². The van der Waals surface area contributed by atoms with Crippen molar-refractivity contribution in [2.24, 2.45) is 17.6 Å². The van der Waals surface area contributed by atoms with E-state index in [1.807, 2.05) is 0 Å². The average Bonchev–Trinajstić information content (AvgIpc) is 2.47. The van der Waals surface area contributed by atoms with Crippen LogP contribution in [0.4, 0.5) is 0 Å². The van der Waals surface area contributed by atoms with Gasteiger partial charge in [-0.2, -0.15) is 0 Å². The number of likely N-dealkylation sites (tertiary alicyclic amines) is 1. The Morgan fingerprint density at radius 3 is 2.14 bits per heavy atom. The largest absolute Gasteiger partial charge is 0.324 e. The molecule has 2 atom stereocenters. The lowest BCUT2D eigenvalue weighted by Gasteiger charge is -2.28. The van der Waals surface area contributed by atoms with Gasteiger partial charge in [-0.25, -0.2) is 0 Å². The summed E-state index contributed by atoms with van der Waals surface area (Å²) in [6, 6.07) is 0.854. The molecule has 1 saturated heterocycles. The SMILES string of the molecule is CN(C)C1C2CN(CC(C)(C)N)CC21. The van der Waals surface area contributed by atoms with E-state index in [2.05, 4.69) is 37.7 Å². The topological polar surface area (TPSA) is 32.5 Å². The highest BCUT2D eigenvalue weighted by molar-refractivity contribution is 5.10. The highest BCUT2D eigenvalue weighted by Crippen LogP contribution is 2.48. The van der Waals surface area contributed by atoms with Crippen molar-refractivity contribution in [3.63, 3.8) is 0 Å². The molecule has 3 heteroatoms. The van der Waals surface area contributed by atoms with Gasteiger partial charge in [0.15, 0.2) is 0 Å². The molecule has 1 aliphatic carbocycles. The molecular formula is C11H23N3. The molecule has 0 aromatic heterocycles. The summed E-state index contributed by atoms with van der Waals surface area (Å²) in [7, 11) is 4.39. The summed E-state index contributed by atoms with van der Waals surface area (Å²) < 4.78 is 0. The lowest BCUT2D eigenvalue weighted by atomic mass is 10.1. The van der Waals surface area contributed by atoms with Gasteiger partial charge in [-0.15, -0.1) is 0 Å². The van der Waals surface area contributed by atoms with Crippen LogP contribution in [0.15, 0.2) is 0 Å². The summed E-state index contributed by atoms with van der Waals surface area (Å²) in [6.07, 6.45) is 0. The fourth-order valence-corrected chi connectivity index (χ4v) is 3.05. The molecule has 2 unspecified atom stereocenters. The summed E-state index contributed by atoms with van der Waals surface area (Å²) in [6.45, 7) is 7.78. The number of hydrogen-bond acceptors (Lipinski definition) is 3. The van der Waals surface area contributed by atoms with Gasteiger partial charge in [0.25, 0.3) is 0 Å². The van der Waals surface area contributed by atoms with E-state index in [1.165, 1.54) is 13.1 Å². The maximum absolute atomic E-state index is 6.02. The highest BCUT2D eigenvalue weighted by atomic mass is 15.3. The number of nitrogens with zero attached hydrogens (tertiary/aromatic N) is 2. The van der Waals surface area contributed by atoms with Gasteiger partial charge < -0.3 is 15.5 Å². The predicted octanol–water partition coefficient (Wildman–Crippen LogP) is 0.216. The Morgan fingerprint density at radius 2 is 1.79 bits per heavy atom. The second-order valence-corrected chi connectivity index (χ2v) is 5.96. The number of piperidine rings is 1. The third-order valence-corrected chi connectivity index (χ3v) is 3.45. The van der Waals surface area contributed by atoms with Crippen molar-refractivity contribution in [2.75, 3.05) is 33.7 Å². The van der Waals surface area contributed by atoms with E-state index in [-0.39, 0.29) is 5.54 Å². The van der Waals surface area contributed by atoms with Crippen LogP contribution in [-0.2, 0) is 0 Å². The molecule has 2 rings (SSSR count). The monoisotopic (exact) mass is 197 g/mol. The Hall–Kier alpha value is -0.120. The molecule has 0 radical (unpaired) electrons. The fraction of sp³-hybridized carbons (Fsp3) is 1.00. The Kier molecular flexibility index (Phi) is 2.37. The van der Waals surface area contributed by atoms with Gasteiger partial charge in [-0.1, -0.05) is 0 Å². The van der Waals surface area contributed by atoms with Gasteiger partial charge >= 0.3 is 0 Å². The molecule has 0 amide bonds. The standard InChI is InChI=1S/C11H23N3/c1-11(2,12)7-14-5-8-9(6-14)10(8)13(3)4/h8-10H,5-7,12H2,1-4H3. The van der Waals surface area contributed by atoms with Crippen molar-refractivity contribution in [3.8, 4) is 0 Å². The van der Waals surface area contributed by atoms with E-state index in [9.17, 15) is 0 Å². The summed E-state index contributed by atoms with van der Waals surface area (Å²) in [5.41, 5.74) is 5.98. The number of nitrogens with two attached hydrogens (primary N) is 1. The zero-order valence-electron chi connectivity index (χ0n) is 9.83. The molecule has 1 saturated carbocycles. The van der Waals surface area contributed by atoms with Gasteiger partial charge in [0.2, 0.25) is 0 Å². The van der Waals surface area contributed by atoms with Crippen LogP contribution in [0, 0.1) is 11.8 Å². The molecule has 2 N–H and O–H groups in total. The normalized spacial score (nSPS) is 37.7. The lowest BCUT2D eigenvalue weighted by molar-refractivity contribution is 0.216. The number of hydrogen-bond donors (Lipinski definition) is 1. The first-order valence-electron chi connectivity index (χ1n) is 5.56. The smallest absolute Gasteiger partial charge is 0.0226 e. The second-order valence-electron chi connectivity index (χ2n) is 5.96. The molecule has 3 nitrogen and oxygen atoms in total. The van der Waals surface area contributed by atoms with E-state index < -0.39 is 0 Å². The van der Waals surface area contributed by atoms with Crippen molar-refractivity contribution in [1.29, 1.82) is 0 Å². The maximum atomic E-state index is 6.02. The van der Waals surface area contributed by atoms with Crippen molar-refractivity contribution in [1.82, 2.24) is 9.80 Å². The van der Waals surface area contributed by atoms with E-state index >= 15 is 0 Å². The summed E-state index contributed by atoms with van der Waals surface area (Å²) in [4.78, 5) is 4.90. The average molecular weight is 197 g/mol. The van der Waals surface area contributed by atoms with Gasteiger partial charge in [-0.05, 0) is 39.8 Å². The van der Waals surface area contributed by atoms with Crippen LogP contribution in [0.1, 0.15) is 13.8 Å². The van der Waals surface area contributed by atoms with E-state index in [0.29, 0.717) is 0 Å². The Labute approximate surface area is 87.2 Å². The molecular weight excluding hydrogens is 174 g/mol. The zero-order valence-corrected chi connectivity index (χ0v) is 9.83. The molecule has 1 heterocycles. The summed E-state index contributed by atoms with van der Waals surface area (Å²) in [5.74, 6) is 1.85. The first-order chi connectivity index (χ1) is 6.38. The van der Waals surface area contributed by atoms with Crippen LogP contribution < -0.4 is 5.73 Å². The molecule has 14 heavy (non-hydrogen) atoms.